The van der Waals surface area contributed by atoms with E-state index >= 15 is 0 Å². The number of fused-ring (bicyclic) bond motifs is 1. The van der Waals surface area contributed by atoms with E-state index in [4.69, 9.17) is 9.15 Å². The smallest absolute Gasteiger partial charge is 0.345 e. The number of hydrazone groups is 1. The maximum Gasteiger partial charge on any atom is 0.345 e. The molecule has 4 rings (SSSR count). The zero-order valence-corrected chi connectivity index (χ0v) is 19.0. The van der Waals surface area contributed by atoms with Gasteiger partial charge >= 0.3 is 5.63 Å². The lowest BCUT2D eigenvalue weighted by Gasteiger charge is -2.03. The van der Waals surface area contributed by atoms with Gasteiger partial charge in [-0.15, -0.1) is 11.3 Å². The van der Waals surface area contributed by atoms with Crippen molar-refractivity contribution in [3.05, 3.63) is 72.8 Å². The Morgan fingerprint density at radius 1 is 1.24 bits per heavy atom. The molecule has 0 aliphatic rings. The van der Waals surface area contributed by atoms with Gasteiger partial charge in [-0.3, -0.25) is 5.43 Å². The Balaban J connectivity index is 1.58. The zero-order valence-electron chi connectivity index (χ0n) is 15.0. The van der Waals surface area contributed by atoms with Gasteiger partial charge in [0.25, 0.3) is 0 Å². The molecule has 2 aromatic carbocycles. The summed E-state index contributed by atoms with van der Waals surface area (Å²) in [5, 5.41) is 7.33. The van der Waals surface area contributed by atoms with E-state index in [0.29, 0.717) is 26.4 Å². The molecule has 0 atom stereocenters. The number of ether oxygens (including phenoxy) is 1. The molecule has 0 radical (unpaired) electrons. The van der Waals surface area contributed by atoms with Gasteiger partial charge in [0.1, 0.15) is 5.75 Å². The van der Waals surface area contributed by atoms with Crippen molar-refractivity contribution in [2.24, 2.45) is 5.10 Å². The third kappa shape index (κ3) is 4.42. The number of aromatic nitrogens is 1. The van der Waals surface area contributed by atoms with E-state index in [1.807, 2.05) is 36.4 Å². The van der Waals surface area contributed by atoms with Crippen molar-refractivity contribution in [1.29, 1.82) is 0 Å². The van der Waals surface area contributed by atoms with E-state index in [1.54, 1.807) is 24.8 Å². The highest BCUT2D eigenvalue weighted by atomic mass is 79.9. The standard InChI is InChI=1S/C20H13Br2N3O3S/c1-27-14-4-2-3-11(5-14)9-23-25-20-24-17(10-29-20)15-7-12-6-13(21)8-16(22)18(12)28-19(15)26/h2-10H,1H3,(H,24,25)/b23-9-. The van der Waals surface area contributed by atoms with Crippen LogP contribution in [0.3, 0.4) is 0 Å². The van der Waals surface area contributed by atoms with Crippen LogP contribution in [0.15, 0.2) is 71.1 Å². The Morgan fingerprint density at radius 2 is 2.10 bits per heavy atom. The molecule has 6 nitrogen and oxygen atoms in total. The van der Waals surface area contributed by atoms with E-state index in [9.17, 15) is 4.79 Å². The molecule has 2 heterocycles. The number of benzene rings is 2. The number of methoxy groups -OCH3 is 1. The maximum absolute atomic E-state index is 12.4. The van der Waals surface area contributed by atoms with Gasteiger partial charge in [-0.2, -0.15) is 5.10 Å². The summed E-state index contributed by atoms with van der Waals surface area (Å²) in [6.45, 7) is 0. The van der Waals surface area contributed by atoms with Crippen LogP contribution in [0.2, 0.25) is 0 Å². The molecule has 0 fully saturated rings. The fourth-order valence-corrected chi connectivity index (χ4v) is 4.67. The number of nitrogens with one attached hydrogen (secondary N) is 1. The summed E-state index contributed by atoms with van der Waals surface area (Å²) in [6.07, 6.45) is 1.67. The Labute approximate surface area is 186 Å². The molecular formula is C20H13Br2N3O3S. The van der Waals surface area contributed by atoms with Crippen molar-refractivity contribution in [1.82, 2.24) is 4.98 Å². The molecule has 29 heavy (non-hydrogen) atoms. The largest absolute Gasteiger partial charge is 0.497 e. The average molecular weight is 535 g/mol. The molecule has 0 aliphatic carbocycles. The molecule has 0 aliphatic heterocycles. The van der Waals surface area contributed by atoms with Gasteiger partial charge in [0, 0.05) is 15.2 Å². The molecule has 0 amide bonds. The summed E-state index contributed by atoms with van der Waals surface area (Å²) in [5.74, 6) is 0.756. The minimum atomic E-state index is -0.447. The molecule has 9 heteroatoms. The van der Waals surface area contributed by atoms with Crippen LogP contribution in [0.5, 0.6) is 5.75 Å². The Hall–Kier alpha value is -2.49. The highest BCUT2D eigenvalue weighted by Gasteiger charge is 2.13. The quantitative estimate of drug-likeness (QED) is 0.196. The van der Waals surface area contributed by atoms with Crippen molar-refractivity contribution in [3.8, 4) is 17.0 Å². The molecule has 0 saturated carbocycles. The highest BCUT2D eigenvalue weighted by Crippen LogP contribution is 2.31. The predicted octanol–water partition coefficient (Wildman–Crippen LogP) is 5.90. The van der Waals surface area contributed by atoms with Gasteiger partial charge in [-0.05, 0) is 51.8 Å². The highest BCUT2D eigenvalue weighted by molar-refractivity contribution is 9.11. The van der Waals surface area contributed by atoms with Gasteiger partial charge in [-0.25, -0.2) is 9.78 Å². The second-order valence-electron chi connectivity index (χ2n) is 5.94. The first-order valence-corrected chi connectivity index (χ1v) is 10.8. The first kappa shape index (κ1) is 19.8. The summed E-state index contributed by atoms with van der Waals surface area (Å²) in [6, 6.07) is 13.0. The minimum Gasteiger partial charge on any atom is -0.497 e. The lowest BCUT2D eigenvalue weighted by molar-refractivity contribution is 0.415. The number of nitrogens with zero attached hydrogens (tertiary/aromatic N) is 2. The molecule has 0 unspecified atom stereocenters. The van der Waals surface area contributed by atoms with Crippen LogP contribution in [-0.4, -0.2) is 18.3 Å². The normalized spacial score (nSPS) is 11.3. The van der Waals surface area contributed by atoms with Crippen molar-refractivity contribution in [2.45, 2.75) is 0 Å². The number of hydrogen-bond donors (Lipinski definition) is 1. The average Bonchev–Trinajstić information content (AvgIpc) is 3.17. The minimum absolute atomic E-state index is 0.392. The summed E-state index contributed by atoms with van der Waals surface area (Å²) in [5.41, 5.74) is 4.75. The van der Waals surface area contributed by atoms with E-state index < -0.39 is 5.63 Å². The van der Waals surface area contributed by atoms with E-state index in [2.05, 4.69) is 47.4 Å². The van der Waals surface area contributed by atoms with Crippen molar-refractivity contribution < 1.29 is 9.15 Å². The predicted molar refractivity (Wildman–Crippen MR) is 123 cm³/mol. The first-order chi connectivity index (χ1) is 14.0. The third-order valence-corrected chi connectivity index (χ3v) is 5.79. The van der Waals surface area contributed by atoms with Gasteiger partial charge in [0.2, 0.25) is 5.13 Å². The number of thiazole rings is 1. The summed E-state index contributed by atoms with van der Waals surface area (Å²) < 4.78 is 12.3. The van der Waals surface area contributed by atoms with E-state index in [-0.39, 0.29) is 0 Å². The first-order valence-electron chi connectivity index (χ1n) is 8.35. The Kier molecular flexibility index (Phi) is 5.79. The van der Waals surface area contributed by atoms with Gasteiger partial charge in [0.05, 0.1) is 29.1 Å². The molecule has 4 aromatic rings. The van der Waals surface area contributed by atoms with Crippen LogP contribution in [0.1, 0.15) is 5.56 Å². The molecule has 2 aromatic heterocycles. The van der Waals surface area contributed by atoms with Crippen LogP contribution in [0.4, 0.5) is 5.13 Å². The lowest BCUT2D eigenvalue weighted by Crippen LogP contribution is -2.03. The fraction of sp³-hybridized carbons (Fsp3) is 0.0500. The number of rotatable bonds is 5. The second kappa shape index (κ2) is 8.48. The second-order valence-corrected chi connectivity index (χ2v) is 8.57. The maximum atomic E-state index is 12.4. The SMILES string of the molecule is COc1cccc(/C=N\Nc2nc(-c3cc4cc(Br)cc(Br)c4oc3=O)cs2)c1. The zero-order chi connectivity index (χ0) is 20.4. The Bertz CT molecular complexity index is 1280. The van der Waals surface area contributed by atoms with Crippen LogP contribution >= 0.6 is 43.2 Å². The molecule has 0 bridgehead atoms. The fourth-order valence-electron chi connectivity index (χ4n) is 2.67. The van der Waals surface area contributed by atoms with Gasteiger partial charge in [0.15, 0.2) is 5.58 Å². The summed E-state index contributed by atoms with van der Waals surface area (Å²) in [4.78, 5) is 16.9. The van der Waals surface area contributed by atoms with Crippen LogP contribution in [0.25, 0.3) is 22.2 Å². The monoisotopic (exact) mass is 533 g/mol. The third-order valence-electron chi connectivity index (χ3n) is 4.00. The number of hydrogen-bond acceptors (Lipinski definition) is 7. The molecule has 146 valence electrons. The van der Waals surface area contributed by atoms with Crippen LogP contribution in [-0.2, 0) is 0 Å². The van der Waals surface area contributed by atoms with Crippen molar-refractivity contribution >= 4 is 65.5 Å². The van der Waals surface area contributed by atoms with E-state index in [1.165, 1.54) is 11.3 Å². The van der Waals surface area contributed by atoms with Crippen molar-refractivity contribution in [3.63, 3.8) is 0 Å². The molecule has 0 spiro atoms. The number of halogens is 2. The molecular weight excluding hydrogens is 522 g/mol. The van der Waals surface area contributed by atoms with Crippen LogP contribution in [0, 0.1) is 0 Å². The van der Waals surface area contributed by atoms with Gasteiger partial charge < -0.3 is 9.15 Å². The topological polar surface area (TPSA) is 76.7 Å². The van der Waals surface area contributed by atoms with Crippen LogP contribution < -0.4 is 15.8 Å². The summed E-state index contributed by atoms with van der Waals surface area (Å²) >= 11 is 8.21. The Morgan fingerprint density at radius 3 is 2.93 bits per heavy atom. The lowest BCUT2D eigenvalue weighted by atomic mass is 10.1. The summed E-state index contributed by atoms with van der Waals surface area (Å²) in [7, 11) is 1.62. The number of anilines is 1. The van der Waals surface area contributed by atoms with Crippen molar-refractivity contribution in [2.75, 3.05) is 12.5 Å². The van der Waals surface area contributed by atoms with Gasteiger partial charge in [-0.1, -0.05) is 28.1 Å². The van der Waals surface area contributed by atoms with E-state index in [0.717, 1.165) is 21.2 Å². The molecule has 0 saturated heterocycles. The molecule has 1 N–H and O–H groups in total.